The van der Waals surface area contributed by atoms with Crippen LogP contribution in [-0.2, 0) is 32.0 Å². The fourth-order valence-corrected chi connectivity index (χ4v) is 3.95. The molecule has 3 rings (SSSR count). The molecule has 11 nitrogen and oxygen atoms in total. The first-order valence-electron chi connectivity index (χ1n) is 11.2. The zero-order valence-electron chi connectivity index (χ0n) is 18.9. The smallest absolute Gasteiger partial charge is 0.326 e. The number of H-pyrrole nitrogens is 1. The van der Waals surface area contributed by atoms with Gasteiger partial charge in [0.15, 0.2) is 0 Å². The molecule has 4 unspecified atom stereocenters. The molecule has 2 heterocycles. The number of nitrogens with two attached hydrogens (primary N) is 1. The van der Waals surface area contributed by atoms with Crippen molar-refractivity contribution in [2.45, 2.75) is 56.8 Å². The van der Waals surface area contributed by atoms with Crippen LogP contribution in [0.1, 0.15) is 31.0 Å². The number of benzene rings is 1. The minimum absolute atomic E-state index is 0.189. The van der Waals surface area contributed by atoms with Crippen LogP contribution in [0.4, 0.5) is 0 Å². The van der Waals surface area contributed by atoms with Gasteiger partial charge in [-0.15, -0.1) is 0 Å². The Balaban J connectivity index is 1.66. The number of nitrogens with zero attached hydrogens (tertiary/aromatic N) is 2. The van der Waals surface area contributed by atoms with E-state index in [0.29, 0.717) is 25.1 Å². The largest absolute Gasteiger partial charge is 0.480 e. The summed E-state index contributed by atoms with van der Waals surface area (Å²) in [5, 5.41) is 14.7. The van der Waals surface area contributed by atoms with E-state index in [1.165, 1.54) is 18.2 Å². The number of carboxylic acids is 1. The van der Waals surface area contributed by atoms with Crippen LogP contribution in [0.3, 0.4) is 0 Å². The highest BCUT2D eigenvalue weighted by molar-refractivity contribution is 5.94. The van der Waals surface area contributed by atoms with Crippen molar-refractivity contribution in [2.24, 2.45) is 5.73 Å². The van der Waals surface area contributed by atoms with Crippen molar-refractivity contribution in [2.75, 3.05) is 6.54 Å². The van der Waals surface area contributed by atoms with Crippen molar-refractivity contribution in [3.8, 4) is 0 Å². The van der Waals surface area contributed by atoms with Gasteiger partial charge >= 0.3 is 5.97 Å². The Kier molecular flexibility index (Phi) is 8.36. The molecule has 0 saturated carbocycles. The second-order valence-electron chi connectivity index (χ2n) is 8.40. The summed E-state index contributed by atoms with van der Waals surface area (Å²) in [6.45, 7) is 1.81. The molecule has 1 aliphatic rings. The summed E-state index contributed by atoms with van der Waals surface area (Å²) in [6, 6.07) is 5.38. The van der Waals surface area contributed by atoms with Crippen molar-refractivity contribution in [3.05, 3.63) is 54.1 Å². The number of amides is 3. The Labute approximate surface area is 197 Å². The third-order valence-electron chi connectivity index (χ3n) is 5.80. The third kappa shape index (κ3) is 6.41. The molecule has 11 heteroatoms. The third-order valence-corrected chi connectivity index (χ3v) is 5.80. The first kappa shape index (κ1) is 24.9. The second kappa shape index (κ2) is 11.4. The Hall–Kier alpha value is -3.73. The highest BCUT2D eigenvalue weighted by atomic mass is 16.4. The molecule has 0 bridgehead atoms. The lowest BCUT2D eigenvalue weighted by Gasteiger charge is -2.28. The lowest BCUT2D eigenvalue weighted by Crippen LogP contribution is -2.57. The van der Waals surface area contributed by atoms with E-state index in [0.717, 1.165) is 5.56 Å². The van der Waals surface area contributed by atoms with Crippen molar-refractivity contribution < 1.29 is 24.3 Å². The normalized spacial score (nSPS) is 18.1. The van der Waals surface area contributed by atoms with Gasteiger partial charge in [-0.25, -0.2) is 9.78 Å². The molecule has 6 N–H and O–H groups in total. The second-order valence-corrected chi connectivity index (χ2v) is 8.40. The molecular formula is C23H30N6O5. The van der Waals surface area contributed by atoms with E-state index in [9.17, 15) is 24.3 Å². The van der Waals surface area contributed by atoms with Crippen LogP contribution >= 0.6 is 0 Å². The SMILES string of the molecule is CC(NC(=O)C(N)Cc1cnc[nH]1)C(=O)NC(Cc1ccccc1)C(=O)N1CCCC1C(=O)O. The summed E-state index contributed by atoms with van der Waals surface area (Å²) in [7, 11) is 0. The molecule has 2 aromatic rings. The molecule has 1 fully saturated rings. The molecule has 1 aromatic heterocycles. The van der Waals surface area contributed by atoms with Crippen molar-refractivity contribution in [3.63, 3.8) is 0 Å². The first-order valence-corrected chi connectivity index (χ1v) is 11.2. The monoisotopic (exact) mass is 470 g/mol. The van der Waals surface area contributed by atoms with Gasteiger partial charge in [-0.2, -0.15) is 0 Å². The summed E-state index contributed by atoms with van der Waals surface area (Å²) in [5.41, 5.74) is 7.42. The molecule has 0 radical (unpaired) electrons. The molecule has 0 aliphatic carbocycles. The molecule has 182 valence electrons. The standard InChI is InChI=1S/C23H30N6O5/c1-14(27-21(31)17(24)11-16-12-25-13-26-16)20(30)28-18(10-15-6-3-2-4-7-15)22(32)29-9-5-8-19(29)23(33)34/h2-4,6-7,12-14,17-19H,5,8-11,24H2,1H3,(H,25,26)(H,27,31)(H,28,30)(H,33,34). The van der Waals surface area contributed by atoms with Gasteiger partial charge in [-0.05, 0) is 25.3 Å². The van der Waals surface area contributed by atoms with Crippen LogP contribution in [0.15, 0.2) is 42.9 Å². The zero-order valence-corrected chi connectivity index (χ0v) is 18.9. The van der Waals surface area contributed by atoms with Crippen LogP contribution in [0, 0.1) is 0 Å². The number of nitrogens with one attached hydrogen (secondary N) is 3. The van der Waals surface area contributed by atoms with Gasteiger partial charge in [0.1, 0.15) is 18.1 Å². The number of hydrogen-bond donors (Lipinski definition) is 5. The van der Waals surface area contributed by atoms with Gasteiger partial charge in [0, 0.05) is 31.3 Å². The first-order chi connectivity index (χ1) is 16.3. The average Bonchev–Trinajstić information content (AvgIpc) is 3.51. The Morgan fingerprint density at radius 3 is 2.56 bits per heavy atom. The van der Waals surface area contributed by atoms with Crippen LogP contribution in [0.5, 0.6) is 0 Å². The summed E-state index contributed by atoms with van der Waals surface area (Å²) in [6.07, 6.45) is 4.40. The van der Waals surface area contributed by atoms with Crippen LogP contribution in [0.25, 0.3) is 0 Å². The molecular weight excluding hydrogens is 440 g/mol. The van der Waals surface area contributed by atoms with Gasteiger partial charge in [0.25, 0.3) is 0 Å². The summed E-state index contributed by atoms with van der Waals surface area (Å²) in [4.78, 5) is 58.2. The molecule has 4 atom stereocenters. The Morgan fingerprint density at radius 2 is 1.91 bits per heavy atom. The van der Waals surface area contributed by atoms with Crippen molar-refractivity contribution in [1.82, 2.24) is 25.5 Å². The van der Waals surface area contributed by atoms with Gasteiger partial charge in [0.05, 0.1) is 12.4 Å². The maximum atomic E-state index is 13.3. The zero-order chi connectivity index (χ0) is 24.7. The molecule has 3 amide bonds. The minimum atomic E-state index is -1.07. The number of aromatic amines is 1. The maximum absolute atomic E-state index is 13.3. The topological polar surface area (TPSA) is 171 Å². The number of carbonyl (C=O) groups excluding carboxylic acids is 3. The van der Waals surface area contributed by atoms with Crippen LogP contribution < -0.4 is 16.4 Å². The van der Waals surface area contributed by atoms with E-state index < -0.39 is 47.9 Å². The number of aliphatic carboxylic acids is 1. The summed E-state index contributed by atoms with van der Waals surface area (Å²) in [5.74, 6) is -2.62. The van der Waals surface area contributed by atoms with Gasteiger partial charge in [-0.1, -0.05) is 30.3 Å². The lowest BCUT2D eigenvalue weighted by molar-refractivity contribution is -0.149. The van der Waals surface area contributed by atoms with Gasteiger partial charge < -0.3 is 31.4 Å². The number of rotatable bonds is 10. The van der Waals surface area contributed by atoms with E-state index >= 15 is 0 Å². The fourth-order valence-electron chi connectivity index (χ4n) is 3.95. The fraction of sp³-hybridized carbons (Fsp3) is 0.435. The summed E-state index contributed by atoms with van der Waals surface area (Å²) < 4.78 is 0. The van der Waals surface area contributed by atoms with E-state index in [2.05, 4.69) is 20.6 Å². The predicted molar refractivity (Wildman–Crippen MR) is 122 cm³/mol. The molecule has 1 saturated heterocycles. The van der Waals surface area contributed by atoms with Gasteiger partial charge in [-0.3, -0.25) is 14.4 Å². The number of likely N-dealkylation sites (tertiary alicyclic amines) is 1. The molecule has 1 aliphatic heterocycles. The average molecular weight is 471 g/mol. The highest BCUT2D eigenvalue weighted by Gasteiger charge is 2.38. The minimum Gasteiger partial charge on any atom is -0.480 e. The molecule has 1 aromatic carbocycles. The Bertz CT molecular complexity index is 997. The summed E-state index contributed by atoms with van der Waals surface area (Å²) >= 11 is 0. The van der Waals surface area contributed by atoms with E-state index in [1.54, 1.807) is 6.20 Å². The number of carboxylic acid groups (broad SMARTS) is 1. The number of imidazole rings is 1. The number of aromatic nitrogens is 2. The quantitative estimate of drug-likeness (QED) is 0.314. The maximum Gasteiger partial charge on any atom is 0.326 e. The van der Waals surface area contributed by atoms with Crippen molar-refractivity contribution >= 4 is 23.7 Å². The van der Waals surface area contributed by atoms with Gasteiger partial charge in [0.2, 0.25) is 17.7 Å². The number of hydrogen-bond acceptors (Lipinski definition) is 6. The predicted octanol–water partition coefficient (Wildman–Crippen LogP) is -0.413. The highest BCUT2D eigenvalue weighted by Crippen LogP contribution is 2.19. The van der Waals surface area contributed by atoms with E-state index in [4.69, 9.17) is 5.73 Å². The lowest BCUT2D eigenvalue weighted by atomic mass is 10.0. The molecule has 34 heavy (non-hydrogen) atoms. The van der Waals surface area contributed by atoms with E-state index in [-0.39, 0.29) is 12.8 Å². The Morgan fingerprint density at radius 1 is 1.18 bits per heavy atom. The van der Waals surface area contributed by atoms with E-state index in [1.807, 2.05) is 30.3 Å². The van der Waals surface area contributed by atoms with Crippen LogP contribution in [-0.4, -0.2) is 74.4 Å². The number of carbonyl (C=O) groups is 4. The van der Waals surface area contributed by atoms with Crippen LogP contribution in [0.2, 0.25) is 0 Å². The molecule has 0 spiro atoms. The van der Waals surface area contributed by atoms with Crippen molar-refractivity contribution in [1.29, 1.82) is 0 Å².